The highest BCUT2D eigenvalue weighted by molar-refractivity contribution is 9.10. The van der Waals surface area contributed by atoms with Crippen molar-refractivity contribution in [2.24, 2.45) is 11.8 Å². The van der Waals surface area contributed by atoms with Gasteiger partial charge in [0.2, 0.25) is 5.91 Å². The Hall–Kier alpha value is -2.68. The van der Waals surface area contributed by atoms with E-state index < -0.39 is 50.1 Å². The highest BCUT2D eigenvalue weighted by Crippen LogP contribution is 2.57. The molecule has 45 heavy (non-hydrogen) atoms. The van der Waals surface area contributed by atoms with Crippen LogP contribution < -0.4 is 0 Å². The molecule has 2 fully saturated rings. The molecule has 1 saturated heterocycles. The molecule has 1 saturated carbocycles. The number of alkyl halides is 7. The smallest absolute Gasteiger partial charge is 0.435 e. The average Bonchev–Trinajstić information content (AvgIpc) is 3.40. The fourth-order valence-electron chi connectivity index (χ4n) is 7.32. The molecule has 0 bridgehead atoms. The molecule has 2 unspecified atom stereocenters. The molecular weight excluding hydrogens is 699 g/mol. The third kappa shape index (κ3) is 5.25. The first kappa shape index (κ1) is 33.7. The van der Waals surface area contributed by atoms with Gasteiger partial charge in [0.15, 0.2) is 9.84 Å². The molecule has 2 aromatic rings. The Morgan fingerprint density at radius 3 is 2.11 bits per heavy atom. The van der Waals surface area contributed by atoms with E-state index in [9.17, 15) is 44.3 Å². The Morgan fingerprint density at radius 2 is 1.53 bits per heavy atom. The second-order valence-corrected chi connectivity index (χ2v) is 14.9. The standard InChI is InChI=1S/C30H29BrF7NO5S/c1-44-26(41)18-7-5-17(6-8-18)25(40)39-14-13-27(45(42,43)22-4-2-3-21(31)16-22)23-11-10-20(15-19(23)9-12-24(27)39)28(32,29(33,34)35)30(36,37)38/h2-4,10-11,15-18,24H,5-9,12-14H2,1H3. The van der Waals surface area contributed by atoms with E-state index in [0.29, 0.717) is 42.3 Å². The number of carbonyl (C=O) groups is 2. The third-order valence-electron chi connectivity index (χ3n) is 9.55. The van der Waals surface area contributed by atoms with Crippen LogP contribution in [0.15, 0.2) is 51.8 Å². The summed E-state index contributed by atoms with van der Waals surface area (Å²) in [4.78, 5) is 27.2. The van der Waals surface area contributed by atoms with E-state index in [1.807, 2.05) is 0 Å². The van der Waals surface area contributed by atoms with Gasteiger partial charge in [-0.3, -0.25) is 9.59 Å². The summed E-state index contributed by atoms with van der Waals surface area (Å²) in [5.74, 6) is -1.57. The summed E-state index contributed by atoms with van der Waals surface area (Å²) in [6.45, 7) is -0.0347. The molecule has 2 atom stereocenters. The maximum Gasteiger partial charge on any atom is 0.435 e. The minimum absolute atomic E-state index is 0.0347. The Balaban J connectivity index is 1.60. The molecule has 5 rings (SSSR count). The van der Waals surface area contributed by atoms with Gasteiger partial charge in [-0.2, -0.15) is 26.3 Å². The summed E-state index contributed by atoms with van der Waals surface area (Å²) < 4.78 is 129. The fraction of sp³-hybridized carbons (Fsp3) is 0.533. The Kier molecular flexibility index (Phi) is 8.63. The van der Waals surface area contributed by atoms with Gasteiger partial charge in [-0.15, -0.1) is 0 Å². The predicted molar refractivity (Wildman–Crippen MR) is 150 cm³/mol. The van der Waals surface area contributed by atoms with Gasteiger partial charge >= 0.3 is 24.0 Å². The van der Waals surface area contributed by atoms with Gasteiger partial charge < -0.3 is 9.64 Å². The molecule has 0 spiro atoms. The zero-order valence-electron chi connectivity index (χ0n) is 23.9. The Morgan fingerprint density at radius 1 is 0.911 bits per heavy atom. The molecule has 0 aromatic heterocycles. The van der Waals surface area contributed by atoms with Crippen LogP contribution in [0.4, 0.5) is 30.7 Å². The summed E-state index contributed by atoms with van der Waals surface area (Å²) in [7, 11) is -3.17. The van der Waals surface area contributed by atoms with Crippen molar-refractivity contribution in [3.63, 3.8) is 0 Å². The minimum atomic E-state index is -6.33. The van der Waals surface area contributed by atoms with Gasteiger partial charge in [0, 0.05) is 22.5 Å². The number of fused-ring (bicyclic) bond motifs is 3. The van der Waals surface area contributed by atoms with Gasteiger partial charge in [0.1, 0.15) is 4.75 Å². The van der Waals surface area contributed by atoms with Gasteiger partial charge in [0.25, 0.3) is 0 Å². The molecule has 2 aliphatic carbocycles. The SMILES string of the molecule is COC(=O)C1CCC(C(=O)N2CCC3(S(=O)(=O)c4cccc(Br)c4)c4ccc(C(F)(C(F)(F)F)C(F)(F)F)cc4CCC23)CC1. The second kappa shape index (κ2) is 11.5. The lowest BCUT2D eigenvalue weighted by Crippen LogP contribution is -2.53. The van der Waals surface area contributed by atoms with E-state index in [-0.39, 0.29) is 59.6 Å². The van der Waals surface area contributed by atoms with E-state index >= 15 is 4.39 Å². The monoisotopic (exact) mass is 727 g/mol. The fourth-order valence-corrected chi connectivity index (χ4v) is 10.3. The summed E-state index contributed by atoms with van der Waals surface area (Å²) in [5.41, 5.74) is -7.59. The van der Waals surface area contributed by atoms with Gasteiger partial charge in [-0.25, -0.2) is 12.8 Å². The van der Waals surface area contributed by atoms with Gasteiger partial charge in [-0.1, -0.05) is 40.2 Å². The number of sulfone groups is 1. The van der Waals surface area contributed by atoms with Crippen LogP contribution in [0.5, 0.6) is 0 Å². The Bertz CT molecular complexity index is 1590. The van der Waals surface area contributed by atoms with Crippen molar-refractivity contribution in [1.29, 1.82) is 0 Å². The van der Waals surface area contributed by atoms with Crippen molar-refractivity contribution in [2.45, 2.75) is 78.7 Å². The van der Waals surface area contributed by atoms with E-state index in [0.717, 1.165) is 6.07 Å². The number of hydrogen-bond acceptors (Lipinski definition) is 5. The summed E-state index contributed by atoms with van der Waals surface area (Å²) in [6, 6.07) is 6.37. The largest absolute Gasteiger partial charge is 0.469 e. The summed E-state index contributed by atoms with van der Waals surface area (Å²) in [6.07, 6.45) is -11.6. The summed E-state index contributed by atoms with van der Waals surface area (Å²) in [5, 5.41) is 0. The number of amides is 1. The number of hydrogen-bond donors (Lipinski definition) is 0. The quantitative estimate of drug-likeness (QED) is 0.247. The zero-order chi connectivity index (χ0) is 33.2. The molecule has 2 aromatic carbocycles. The number of likely N-dealkylation sites (tertiary alicyclic amines) is 1. The van der Waals surface area contributed by atoms with Crippen LogP contribution in [-0.4, -0.2) is 57.2 Å². The lowest BCUT2D eigenvalue weighted by molar-refractivity contribution is -0.348. The molecule has 246 valence electrons. The first-order valence-electron chi connectivity index (χ1n) is 14.2. The molecule has 1 amide bonds. The number of ether oxygens (including phenoxy) is 1. The van der Waals surface area contributed by atoms with Crippen molar-refractivity contribution in [3.8, 4) is 0 Å². The maximum atomic E-state index is 15.0. The zero-order valence-corrected chi connectivity index (χ0v) is 26.3. The molecule has 0 radical (unpaired) electrons. The first-order valence-corrected chi connectivity index (χ1v) is 16.5. The molecular formula is C30H29BrF7NO5S. The molecule has 1 aliphatic heterocycles. The van der Waals surface area contributed by atoms with Crippen molar-refractivity contribution in [1.82, 2.24) is 4.90 Å². The number of methoxy groups -OCH3 is 1. The molecule has 3 aliphatic rings. The maximum absolute atomic E-state index is 15.0. The van der Waals surface area contributed by atoms with Crippen molar-refractivity contribution < 1.29 is 53.5 Å². The minimum Gasteiger partial charge on any atom is -0.469 e. The van der Waals surface area contributed by atoms with Crippen molar-refractivity contribution in [2.75, 3.05) is 13.7 Å². The number of rotatable bonds is 5. The highest BCUT2D eigenvalue weighted by atomic mass is 79.9. The third-order valence-corrected chi connectivity index (χ3v) is 12.6. The lowest BCUT2D eigenvalue weighted by Gasteiger charge is -2.44. The predicted octanol–water partition coefficient (Wildman–Crippen LogP) is 6.93. The molecule has 1 heterocycles. The van der Waals surface area contributed by atoms with E-state index in [1.165, 1.54) is 30.2 Å². The molecule has 15 heteroatoms. The van der Waals surface area contributed by atoms with Crippen LogP contribution in [0, 0.1) is 11.8 Å². The van der Waals surface area contributed by atoms with Crippen LogP contribution in [0.2, 0.25) is 0 Å². The van der Waals surface area contributed by atoms with Crippen LogP contribution in [0.3, 0.4) is 0 Å². The molecule has 6 nitrogen and oxygen atoms in total. The normalized spacial score (nSPS) is 25.8. The van der Waals surface area contributed by atoms with E-state index in [2.05, 4.69) is 15.9 Å². The van der Waals surface area contributed by atoms with Crippen molar-refractivity contribution >= 4 is 37.6 Å². The highest BCUT2D eigenvalue weighted by Gasteiger charge is 2.74. The van der Waals surface area contributed by atoms with Gasteiger partial charge in [0.05, 0.1) is 24.0 Å². The van der Waals surface area contributed by atoms with E-state index in [1.54, 1.807) is 6.07 Å². The number of aryl methyl sites for hydroxylation is 1. The Labute approximate surface area is 263 Å². The number of carbonyl (C=O) groups excluding carboxylic acids is 2. The molecule has 0 N–H and O–H groups in total. The average molecular weight is 729 g/mol. The first-order chi connectivity index (χ1) is 20.9. The number of esters is 1. The van der Waals surface area contributed by atoms with E-state index in [4.69, 9.17) is 4.74 Å². The van der Waals surface area contributed by atoms with Crippen molar-refractivity contribution in [3.05, 3.63) is 63.6 Å². The number of nitrogens with zero attached hydrogens (tertiary/aromatic N) is 1. The second-order valence-electron chi connectivity index (χ2n) is 11.8. The van der Waals surface area contributed by atoms with Crippen LogP contribution in [0.25, 0.3) is 0 Å². The van der Waals surface area contributed by atoms with Gasteiger partial charge in [-0.05, 0) is 74.3 Å². The topological polar surface area (TPSA) is 80.8 Å². The number of benzene rings is 2. The summed E-state index contributed by atoms with van der Waals surface area (Å²) >= 11 is 3.24. The van der Waals surface area contributed by atoms with Crippen LogP contribution >= 0.6 is 15.9 Å². The van der Waals surface area contributed by atoms with Crippen LogP contribution in [0.1, 0.15) is 55.2 Å². The lowest BCUT2D eigenvalue weighted by atomic mass is 9.76. The van der Waals surface area contributed by atoms with Crippen LogP contribution in [-0.2, 0) is 41.0 Å². The number of halogens is 8.